The van der Waals surface area contributed by atoms with Gasteiger partial charge in [0.05, 0.1) is 30.8 Å². The average molecular weight is 825 g/mol. The maximum atomic E-state index is 15.1. The monoisotopic (exact) mass is 825 g/mol. The predicted molar refractivity (Wildman–Crippen MR) is 224 cm³/mol. The number of Topliss-reactive ketones (excluding diaryl/α,β-unsaturated/α-hetero) is 1. The number of benzene rings is 1. The van der Waals surface area contributed by atoms with Crippen molar-refractivity contribution in [1.82, 2.24) is 4.90 Å². The van der Waals surface area contributed by atoms with Crippen LogP contribution < -0.4 is 5.32 Å². The molecule has 3 heterocycles. The first-order valence-corrected chi connectivity index (χ1v) is 22.6. The minimum absolute atomic E-state index is 0.0137. The Hall–Kier alpha value is -2.42. The summed E-state index contributed by atoms with van der Waals surface area (Å²) in [7, 11) is 9.19. The zero-order valence-electron chi connectivity index (χ0n) is 37.0. The molecule has 0 bridgehead atoms. The molecule has 12 heteroatoms. The van der Waals surface area contributed by atoms with Gasteiger partial charge in [0, 0.05) is 50.9 Å². The molecule has 0 aromatic heterocycles. The molecule has 5 fully saturated rings. The summed E-state index contributed by atoms with van der Waals surface area (Å²) < 4.78 is 50.4. The Balaban J connectivity index is 1.18. The Morgan fingerprint density at radius 2 is 1.58 bits per heavy atom. The highest BCUT2D eigenvalue weighted by Gasteiger charge is 2.57. The molecular weight excluding hydrogens is 753 g/mol. The van der Waals surface area contributed by atoms with Crippen molar-refractivity contribution in [2.45, 2.75) is 165 Å². The molecule has 330 valence electrons. The minimum atomic E-state index is -0.618. The van der Waals surface area contributed by atoms with Gasteiger partial charge in [-0.05, 0) is 127 Å². The van der Waals surface area contributed by atoms with Gasteiger partial charge in [-0.25, -0.2) is 0 Å². The van der Waals surface area contributed by atoms with Crippen molar-refractivity contribution in [2.24, 2.45) is 35.5 Å². The van der Waals surface area contributed by atoms with Gasteiger partial charge in [0.15, 0.2) is 18.4 Å². The first-order valence-electron chi connectivity index (χ1n) is 22.6. The number of anilines is 1. The van der Waals surface area contributed by atoms with Gasteiger partial charge >= 0.3 is 5.97 Å². The Morgan fingerprint density at radius 1 is 0.831 bits per heavy atom. The maximum absolute atomic E-state index is 15.1. The number of fused-ring (bicyclic) bond motifs is 5. The summed E-state index contributed by atoms with van der Waals surface area (Å²) in [5.41, 5.74) is 1.80. The highest BCUT2D eigenvalue weighted by Crippen LogP contribution is 2.57. The number of hydrogen-bond donors (Lipinski definition) is 1. The largest absolute Gasteiger partial charge is 0.462 e. The van der Waals surface area contributed by atoms with E-state index < -0.39 is 18.3 Å². The second-order valence-electron chi connectivity index (χ2n) is 18.6. The van der Waals surface area contributed by atoms with Crippen LogP contribution in [0.5, 0.6) is 0 Å². The zero-order chi connectivity index (χ0) is 42.0. The number of ketones is 1. The van der Waals surface area contributed by atoms with Gasteiger partial charge < -0.3 is 48.1 Å². The van der Waals surface area contributed by atoms with Crippen LogP contribution in [0.4, 0.5) is 5.69 Å². The van der Waals surface area contributed by atoms with Gasteiger partial charge in [-0.2, -0.15) is 0 Å². The van der Waals surface area contributed by atoms with Crippen molar-refractivity contribution in [3.63, 3.8) is 0 Å². The lowest BCUT2D eigenvalue weighted by Gasteiger charge is -2.45. The normalized spacial score (nSPS) is 43.1. The predicted octanol–water partition coefficient (Wildman–Crippen LogP) is 6.80. The number of hydrogen-bond acceptors (Lipinski definition) is 12. The van der Waals surface area contributed by atoms with E-state index in [2.05, 4.69) is 56.4 Å². The number of methoxy groups -OCH3 is 3. The van der Waals surface area contributed by atoms with Crippen molar-refractivity contribution >= 4 is 17.4 Å². The molecule has 0 spiro atoms. The number of allylic oxidation sites excluding steroid dienone is 2. The lowest BCUT2D eigenvalue weighted by molar-refractivity contribution is -0.314. The second kappa shape index (κ2) is 19.7. The van der Waals surface area contributed by atoms with E-state index in [1.807, 2.05) is 32.0 Å². The standard InChI is InChI=1S/C47H72N2O10/c1-10-31-17-14-18-39(59-41-20-19-38(49(5)6)27(3)55-41)26(2)43(51)36-24-34-33-23-32(58-47-46(54-9)45(53-8)44(52-7)28(4)56-47)21-29(33)22-37(48-30-15-12-11-13-16-30)42(34)35(36)25-40(50)57-31/h11-13,15-16,24,26-29,31-35,37-39,41-42,44-48H,10,14,17-23,25H2,1-9H3/t26-,27?,28?,29+,31+,32-,33-,34+,35-,37+,38+,39+,41+,42-,44+,45?,46?,47+/m1/s1. The molecular formula is C47H72N2O10. The van der Waals surface area contributed by atoms with Gasteiger partial charge in [0.1, 0.15) is 24.4 Å². The molecule has 6 aliphatic rings. The summed E-state index contributed by atoms with van der Waals surface area (Å²) in [6, 6.07) is 10.7. The minimum Gasteiger partial charge on any atom is -0.462 e. The number of nitrogens with one attached hydrogen (secondary N) is 1. The van der Waals surface area contributed by atoms with Gasteiger partial charge in [-0.1, -0.05) is 38.1 Å². The van der Waals surface area contributed by atoms with Crippen molar-refractivity contribution in [3.8, 4) is 0 Å². The molecule has 12 nitrogen and oxygen atoms in total. The third-order valence-corrected chi connectivity index (χ3v) is 14.9. The quantitative estimate of drug-likeness (QED) is 0.236. The summed E-state index contributed by atoms with van der Waals surface area (Å²) in [6.07, 6.45) is 6.86. The van der Waals surface area contributed by atoms with E-state index >= 15 is 4.79 Å². The molecule has 0 amide bonds. The Kier molecular flexibility index (Phi) is 14.9. The summed E-state index contributed by atoms with van der Waals surface area (Å²) in [5.74, 6) is -0.145. The first kappa shape index (κ1) is 44.6. The summed E-state index contributed by atoms with van der Waals surface area (Å²) in [6.45, 7) is 8.21. The van der Waals surface area contributed by atoms with Crippen LogP contribution in [-0.4, -0.2) is 126 Å². The highest BCUT2D eigenvalue weighted by atomic mass is 16.7. The molecule has 18 atom stereocenters. The maximum Gasteiger partial charge on any atom is 0.306 e. The zero-order valence-corrected chi connectivity index (χ0v) is 37.0. The van der Waals surface area contributed by atoms with Crippen molar-refractivity contribution in [3.05, 3.63) is 42.0 Å². The number of nitrogens with zero attached hydrogens (tertiary/aromatic N) is 1. The van der Waals surface area contributed by atoms with E-state index in [9.17, 15) is 4.79 Å². The van der Waals surface area contributed by atoms with Crippen LogP contribution >= 0.6 is 0 Å². The summed E-state index contributed by atoms with van der Waals surface area (Å²) in [4.78, 5) is 31.3. The third kappa shape index (κ3) is 9.65. The number of cyclic esters (lactones) is 1. The number of carbonyl (C=O) groups excluding carboxylic acids is 2. The topological polar surface area (TPSA) is 123 Å². The Labute approximate surface area is 352 Å². The molecule has 7 rings (SSSR count). The van der Waals surface area contributed by atoms with E-state index in [0.29, 0.717) is 18.4 Å². The molecule has 3 saturated heterocycles. The fourth-order valence-corrected chi connectivity index (χ4v) is 11.9. The van der Waals surface area contributed by atoms with E-state index in [0.717, 1.165) is 62.6 Å². The summed E-state index contributed by atoms with van der Waals surface area (Å²) in [5, 5.41) is 3.91. The number of ether oxygens (including phenoxy) is 8. The van der Waals surface area contributed by atoms with Gasteiger partial charge in [-0.15, -0.1) is 0 Å². The van der Waals surface area contributed by atoms with E-state index in [-0.39, 0.29) is 96.9 Å². The van der Waals surface area contributed by atoms with Crippen LogP contribution in [0.3, 0.4) is 0 Å². The van der Waals surface area contributed by atoms with Gasteiger partial charge in [0.2, 0.25) is 0 Å². The van der Waals surface area contributed by atoms with Crippen LogP contribution in [0.25, 0.3) is 0 Å². The van der Waals surface area contributed by atoms with Crippen LogP contribution in [0.15, 0.2) is 42.0 Å². The highest BCUT2D eigenvalue weighted by molar-refractivity contribution is 5.99. The first-order chi connectivity index (χ1) is 28.4. The fourth-order valence-electron chi connectivity index (χ4n) is 11.9. The Bertz CT molecular complexity index is 1580. The SMILES string of the molecule is CC[C@H]1CCC[C@H](O[C@H]2CC[C@H](N(C)C)C(C)O2)[C@@H](C)C(=O)C2=C[C@H]3[C@@H]4C[C@H](O[C@@H]5OC(C)[C@H](OC)C(OC)C5OC)C[C@H]4C[C@H](Nc4ccccc4)[C@H]3[C@@H]2CC(=O)O1. The molecule has 3 aliphatic carbocycles. The third-order valence-electron chi connectivity index (χ3n) is 14.9. The molecule has 1 N–H and O–H groups in total. The van der Waals surface area contributed by atoms with Crippen LogP contribution in [0.2, 0.25) is 0 Å². The smallest absolute Gasteiger partial charge is 0.306 e. The number of esters is 1. The molecule has 1 aromatic rings. The number of para-hydroxylation sites is 1. The van der Waals surface area contributed by atoms with Gasteiger partial charge in [0.25, 0.3) is 0 Å². The molecule has 1 aromatic carbocycles. The molecule has 2 saturated carbocycles. The van der Waals surface area contributed by atoms with Crippen molar-refractivity contribution in [1.29, 1.82) is 0 Å². The lowest BCUT2D eigenvalue weighted by Crippen LogP contribution is -2.59. The van der Waals surface area contributed by atoms with E-state index in [4.69, 9.17) is 37.9 Å². The number of likely N-dealkylation sites (N-methyl/N-ethyl adjacent to an activating group) is 1. The van der Waals surface area contributed by atoms with Crippen LogP contribution in [-0.2, 0) is 47.5 Å². The lowest BCUT2D eigenvalue weighted by atomic mass is 9.63. The van der Waals surface area contributed by atoms with Crippen LogP contribution in [0.1, 0.15) is 91.9 Å². The van der Waals surface area contributed by atoms with E-state index in [1.54, 1.807) is 21.3 Å². The summed E-state index contributed by atoms with van der Waals surface area (Å²) >= 11 is 0. The molecule has 59 heavy (non-hydrogen) atoms. The number of rotatable bonds is 11. The fraction of sp³-hybridized carbons (Fsp3) is 0.787. The molecule has 3 aliphatic heterocycles. The van der Waals surface area contributed by atoms with E-state index in [1.165, 1.54) is 0 Å². The van der Waals surface area contributed by atoms with Gasteiger partial charge in [-0.3, -0.25) is 9.59 Å². The molecule has 0 radical (unpaired) electrons. The number of carbonyl (C=O) groups is 2. The van der Waals surface area contributed by atoms with Crippen LogP contribution in [0, 0.1) is 35.5 Å². The van der Waals surface area contributed by atoms with Crippen molar-refractivity contribution < 1.29 is 47.5 Å². The average Bonchev–Trinajstić information content (AvgIpc) is 3.80. The second-order valence-corrected chi connectivity index (χ2v) is 18.6. The van der Waals surface area contributed by atoms with Crippen molar-refractivity contribution in [2.75, 3.05) is 40.7 Å². The Morgan fingerprint density at radius 3 is 2.25 bits per heavy atom. The molecule has 4 unspecified atom stereocenters.